The minimum absolute atomic E-state index is 0.0764. The summed E-state index contributed by atoms with van der Waals surface area (Å²) < 4.78 is 6.75. The van der Waals surface area contributed by atoms with Crippen LogP contribution in [0.25, 0.3) is 5.82 Å². The molecule has 2 heterocycles. The first kappa shape index (κ1) is 12.3. The Labute approximate surface area is 105 Å². The maximum Gasteiger partial charge on any atom is 0.181 e. The smallest absolute Gasteiger partial charge is 0.181 e. The molecule has 2 rings (SSSR count). The van der Waals surface area contributed by atoms with E-state index in [9.17, 15) is 0 Å². The zero-order valence-corrected chi connectivity index (χ0v) is 10.4. The van der Waals surface area contributed by atoms with E-state index < -0.39 is 0 Å². The number of nitrogen functional groups attached to an aromatic ring is 1. The quantitative estimate of drug-likeness (QED) is 0.809. The maximum atomic E-state index is 6.01. The summed E-state index contributed by atoms with van der Waals surface area (Å²) in [6, 6.07) is 1.81. The average molecular weight is 248 g/mol. The second-order valence-electron chi connectivity index (χ2n) is 3.84. The van der Waals surface area contributed by atoms with Crippen LogP contribution in [0.2, 0.25) is 0 Å². The Hall–Kier alpha value is -2.15. The molecule has 0 radical (unpaired) electrons. The molecule has 0 aliphatic rings. The lowest BCUT2D eigenvalue weighted by molar-refractivity contribution is 0.128. The first-order valence-corrected chi connectivity index (χ1v) is 5.59. The van der Waals surface area contributed by atoms with Gasteiger partial charge in [0.05, 0.1) is 6.10 Å². The van der Waals surface area contributed by atoms with Gasteiger partial charge in [-0.15, -0.1) is 0 Å². The Bertz CT molecular complexity index is 498. The van der Waals surface area contributed by atoms with Gasteiger partial charge >= 0.3 is 0 Å². The van der Waals surface area contributed by atoms with E-state index in [2.05, 4.69) is 20.4 Å². The van der Waals surface area contributed by atoms with Crippen LogP contribution in [0.3, 0.4) is 0 Å². The molecule has 96 valence electrons. The molecule has 2 aromatic rings. The predicted molar refractivity (Wildman–Crippen MR) is 68.5 cm³/mol. The highest BCUT2D eigenvalue weighted by atomic mass is 16.5. The average Bonchev–Trinajstić information content (AvgIpc) is 2.91. The summed E-state index contributed by atoms with van der Waals surface area (Å²) in [6.07, 6.45) is 4.97. The molecule has 1 atom stereocenters. The molecule has 0 bridgehead atoms. The molecule has 0 fully saturated rings. The van der Waals surface area contributed by atoms with Crippen LogP contribution in [0.1, 0.15) is 6.92 Å². The normalized spacial score (nSPS) is 12.3. The molecular weight excluding hydrogens is 232 g/mol. The van der Waals surface area contributed by atoms with Crippen molar-refractivity contribution in [2.45, 2.75) is 13.0 Å². The Morgan fingerprint density at radius 3 is 3.00 bits per heavy atom. The highest BCUT2D eigenvalue weighted by Crippen LogP contribution is 2.20. The van der Waals surface area contributed by atoms with Crippen molar-refractivity contribution in [2.24, 2.45) is 0 Å². The van der Waals surface area contributed by atoms with E-state index in [0.29, 0.717) is 23.9 Å². The molecule has 0 amide bonds. The van der Waals surface area contributed by atoms with Crippen molar-refractivity contribution >= 4 is 11.5 Å². The van der Waals surface area contributed by atoms with Crippen molar-refractivity contribution in [3.8, 4) is 5.82 Å². The molecule has 0 aliphatic carbocycles. The third-order valence-corrected chi connectivity index (χ3v) is 2.54. The van der Waals surface area contributed by atoms with Gasteiger partial charge in [0.25, 0.3) is 0 Å². The Morgan fingerprint density at radius 1 is 1.50 bits per heavy atom. The lowest BCUT2D eigenvalue weighted by Crippen LogP contribution is -2.20. The second kappa shape index (κ2) is 5.46. The van der Waals surface area contributed by atoms with Gasteiger partial charge in [-0.3, -0.25) is 0 Å². The van der Waals surface area contributed by atoms with E-state index in [4.69, 9.17) is 10.5 Å². The molecule has 7 heteroatoms. The molecule has 1 unspecified atom stereocenters. The van der Waals surface area contributed by atoms with Gasteiger partial charge in [-0.25, -0.2) is 14.6 Å². The minimum Gasteiger partial charge on any atom is -0.393 e. The number of nitrogens with one attached hydrogen (secondary N) is 1. The molecule has 7 nitrogen and oxygen atoms in total. The zero-order chi connectivity index (χ0) is 13.0. The van der Waals surface area contributed by atoms with Crippen molar-refractivity contribution in [3.63, 3.8) is 0 Å². The summed E-state index contributed by atoms with van der Waals surface area (Å²) in [6.45, 7) is 2.58. The fraction of sp³-hybridized carbons (Fsp3) is 0.364. The van der Waals surface area contributed by atoms with Crippen molar-refractivity contribution in [1.82, 2.24) is 19.7 Å². The van der Waals surface area contributed by atoms with Crippen molar-refractivity contribution in [1.29, 1.82) is 0 Å². The van der Waals surface area contributed by atoms with Crippen LogP contribution in [0, 0.1) is 0 Å². The summed E-state index contributed by atoms with van der Waals surface area (Å²) in [5, 5.41) is 7.22. The number of ether oxygens (including phenoxy) is 1. The summed E-state index contributed by atoms with van der Waals surface area (Å²) in [4.78, 5) is 8.23. The van der Waals surface area contributed by atoms with E-state index >= 15 is 0 Å². The predicted octanol–water partition coefficient (Wildman–Crippen LogP) is 0.691. The molecular formula is C11H16N6O. The van der Waals surface area contributed by atoms with Gasteiger partial charge in [-0.05, 0) is 13.0 Å². The zero-order valence-electron chi connectivity index (χ0n) is 10.4. The maximum absolute atomic E-state index is 6.01. The summed E-state index contributed by atoms with van der Waals surface area (Å²) in [5.41, 5.74) is 6.48. The third kappa shape index (κ3) is 2.57. The van der Waals surface area contributed by atoms with Crippen LogP contribution < -0.4 is 11.1 Å². The molecule has 3 N–H and O–H groups in total. The van der Waals surface area contributed by atoms with E-state index in [0.717, 1.165) is 0 Å². The van der Waals surface area contributed by atoms with Gasteiger partial charge < -0.3 is 15.8 Å². The Balaban J connectivity index is 2.20. The van der Waals surface area contributed by atoms with E-state index in [-0.39, 0.29) is 6.10 Å². The Kier molecular flexibility index (Phi) is 3.73. The highest BCUT2D eigenvalue weighted by Gasteiger charge is 2.10. The number of aromatic nitrogens is 4. The van der Waals surface area contributed by atoms with Crippen LogP contribution in [0.5, 0.6) is 0 Å². The monoisotopic (exact) mass is 248 g/mol. The minimum atomic E-state index is 0.0764. The number of hydrogen-bond acceptors (Lipinski definition) is 6. The van der Waals surface area contributed by atoms with Crippen LogP contribution in [0.15, 0.2) is 24.8 Å². The van der Waals surface area contributed by atoms with Gasteiger partial charge in [0, 0.05) is 26.0 Å². The number of nitrogens with zero attached hydrogens (tertiary/aromatic N) is 4. The lowest BCUT2D eigenvalue weighted by atomic mass is 10.3. The highest BCUT2D eigenvalue weighted by molar-refractivity contribution is 5.68. The number of anilines is 2. The first-order chi connectivity index (χ1) is 8.72. The van der Waals surface area contributed by atoms with Gasteiger partial charge in [-0.2, -0.15) is 5.10 Å². The van der Waals surface area contributed by atoms with Crippen molar-refractivity contribution in [2.75, 3.05) is 24.7 Å². The summed E-state index contributed by atoms with van der Waals surface area (Å²) >= 11 is 0. The third-order valence-electron chi connectivity index (χ3n) is 2.54. The fourth-order valence-corrected chi connectivity index (χ4v) is 1.43. The van der Waals surface area contributed by atoms with E-state index in [1.807, 2.05) is 13.0 Å². The molecule has 18 heavy (non-hydrogen) atoms. The number of rotatable bonds is 5. The second-order valence-corrected chi connectivity index (χ2v) is 3.84. The van der Waals surface area contributed by atoms with Gasteiger partial charge in [-0.1, -0.05) is 0 Å². The molecule has 0 aromatic carbocycles. The van der Waals surface area contributed by atoms with E-state index in [1.54, 1.807) is 24.2 Å². The van der Waals surface area contributed by atoms with Gasteiger partial charge in [0.2, 0.25) is 0 Å². The molecule has 0 saturated carbocycles. The SMILES string of the molecule is COC(C)CNc1ncnc(-n2cccn2)c1N. The largest absolute Gasteiger partial charge is 0.393 e. The van der Waals surface area contributed by atoms with Crippen LogP contribution in [-0.4, -0.2) is 39.5 Å². The standard InChI is InChI=1S/C11H16N6O/c1-8(18-2)6-13-10-9(12)11(15-7-14-10)17-5-3-4-16-17/h3-5,7-8H,6,12H2,1-2H3,(H,13,14,15). The number of nitrogens with two attached hydrogens (primary N) is 1. The van der Waals surface area contributed by atoms with Gasteiger partial charge in [0.15, 0.2) is 11.6 Å². The first-order valence-electron chi connectivity index (χ1n) is 5.59. The van der Waals surface area contributed by atoms with Gasteiger partial charge in [0.1, 0.15) is 12.0 Å². The molecule has 0 spiro atoms. The van der Waals surface area contributed by atoms with Crippen LogP contribution in [-0.2, 0) is 4.74 Å². The molecule has 0 aliphatic heterocycles. The van der Waals surface area contributed by atoms with Crippen molar-refractivity contribution in [3.05, 3.63) is 24.8 Å². The summed E-state index contributed by atoms with van der Waals surface area (Å²) in [5.74, 6) is 1.14. The van der Waals surface area contributed by atoms with Crippen LogP contribution >= 0.6 is 0 Å². The van der Waals surface area contributed by atoms with Crippen molar-refractivity contribution < 1.29 is 4.74 Å². The topological polar surface area (TPSA) is 90.9 Å². The Morgan fingerprint density at radius 2 is 2.33 bits per heavy atom. The van der Waals surface area contributed by atoms with E-state index in [1.165, 1.54) is 6.33 Å². The number of methoxy groups -OCH3 is 1. The number of hydrogen-bond donors (Lipinski definition) is 2. The summed E-state index contributed by atoms with van der Waals surface area (Å²) in [7, 11) is 1.66. The lowest BCUT2D eigenvalue weighted by Gasteiger charge is -2.13. The molecule has 2 aromatic heterocycles. The fourth-order valence-electron chi connectivity index (χ4n) is 1.43. The molecule has 0 saturated heterocycles. The van der Waals surface area contributed by atoms with Crippen LogP contribution in [0.4, 0.5) is 11.5 Å².